The van der Waals surface area contributed by atoms with Crippen LogP contribution in [0.2, 0.25) is 0 Å². The van der Waals surface area contributed by atoms with Crippen LogP contribution in [0.3, 0.4) is 0 Å². The summed E-state index contributed by atoms with van der Waals surface area (Å²) in [4.78, 5) is 0. The van der Waals surface area contributed by atoms with E-state index in [1.54, 1.807) is 0 Å². The zero-order valence-corrected chi connectivity index (χ0v) is 10.5. The Bertz CT molecular complexity index is 389. The van der Waals surface area contributed by atoms with E-state index in [-0.39, 0.29) is 5.11 Å². The quantitative estimate of drug-likeness (QED) is 0.497. The van der Waals surface area contributed by atoms with E-state index in [9.17, 15) is 0 Å². The fourth-order valence-electron chi connectivity index (χ4n) is 0.991. The van der Waals surface area contributed by atoms with Gasteiger partial charge in [0.1, 0.15) is 0 Å². The average Bonchev–Trinajstić information content (AvgIpc) is 2.20. The maximum Gasteiger partial charge on any atom is 0.168 e. The van der Waals surface area contributed by atoms with Crippen LogP contribution in [-0.2, 0) is 0 Å². The maximum absolute atomic E-state index is 5.35. The molecular weight excluding hydrogens is 272 g/mol. The number of benzene rings is 1. The standard InChI is InChI=1S/C11H11BrN2S/c12-8-2-1-3-9-4-6-10(7-5-9)14-11(13)15/h4-7H,2,8H2,(H3,13,14,15). The highest BCUT2D eigenvalue weighted by Crippen LogP contribution is 2.08. The van der Waals surface area contributed by atoms with Gasteiger partial charge >= 0.3 is 0 Å². The molecule has 0 spiro atoms. The molecule has 1 rings (SSSR count). The zero-order valence-electron chi connectivity index (χ0n) is 8.09. The Balaban J connectivity index is 2.65. The Morgan fingerprint density at radius 1 is 1.40 bits per heavy atom. The lowest BCUT2D eigenvalue weighted by atomic mass is 10.2. The third kappa shape index (κ3) is 4.82. The van der Waals surface area contributed by atoms with Crippen molar-refractivity contribution in [3.05, 3.63) is 29.8 Å². The van der Waals surface area contributed by atoms with E-state index in [0.29, 0.717) is 0 Å². The SMILES string of the molecule is NC(=S)Nc1ccc(C#CCCBr)cc1. The molecule has 1 aromatic rings. The first-order chi connectivity index (χ1) is 7.22. The van der Waals surface area contributed by atoms with Gasteiger partial charge in [0.15, 0.2) is 5.11 Å². The number of rotatable bonds is 2. The van der Waals surface area contributed by atoms with Gasteiger partial charge in [-0.1, -0.05) is 27.8 Å². The largest absolute Gasteiger partial charge is 0.376 e. The Morgan fingerprint density at radius 3 is 2.60 bits per heavy atom. The minimum Gasteiger partial charge on any atom is -0.376 e. The second kappa shape index (κ2) is 6.44. The number of nitrogens with one attached hydrogen (secondary N) is 1. The fourth-order valence-corrected chi connectivity index (χ4v) is 1.31. The normalized spacial score (nSPS) is 8.87. The van der Waals surface area contributed by atoms with Gasteiger partial charge in [0.2, 0.25) is 0 Å². The molecule has 0 radical (unpaired) electrons. The van der Waals surface area contributed by atoms with E-state index in [0.717, 1.165) is 23.0 Å². The van der Waals surface area contributed by atoms with Gasteiger partial charge < -0.3 is 11.1 Å². The predicted octanol–water partition coefficient (Wildman–Crippen LogP) is 2.48. The van der Waals surface area contributed by atoms with Crippen molar-refractivity contribution in [2.45, 2.75) is 6.42 Å². The molecule has 0 aromatic heterocycles. The summed E-state index contributed by atoms with van der Waals surface area (Å²) in [5.41, 5.74) is 7.22. The lowest BCUT2D eigenvalue weighted by Crippen LogP contribution is -2.18. The van der Waals surface area contributed by atoms with Crippen LogP contribution in [0.15, 0.2) is 24.3 Å². The molecule has 0 aliphatic heterocycles. The molecule has 0 saturated carbocycles. The van der Waals surface area contributed by atoms with Crippen LogP contribution in [-0.4, -0.2) is 10.4 Å². The molecule has 0 aliphatic carbocycles. The monoisotopic (exact) mass is 282 g/mol. The maximum atomic E-state index is 5.35. The molecule has 2 nitrogen and oxygen atoms in total. The van der Waals surface area contributed by atoms with Gasteiger partial charge in [0, 0.05) is 23.0 Å². The van der Waals surface area contributed by atoms with Crippen molar-refractivity contribution in [1.29, 1.82) is 0 Å². The van der Waals surface area contributed by atoms with Crippen LogP contribution in [0.5, 0.6) is 0 Å². The van der Waals surface area contributed by atoms with E-state index >= 15 is 0 Å². The van der Waals surface area contributed by atoms with E-state index in [1.165, 1.54) is 0 Å². The molecule has 0 saturated heterocycles. The molecular formula is C11H11BrN2S. The summed E-state index contributed by atoms with van der Waals surface area (Å²) in [6, 6.07) is 7.66. The summed E-state index contributed by atoms with van der Waals surface area (Å²) in [5.74, 6) is 6.10. The second-order valence-electron chi connectivity index (χ2n) is 2.81. The van der Waals surface area contributed by atoms with Crippen LogP contribution in [0.1, 0.15) is 12.0 Å². The first-order valence-corrected chi connectivity index (χ1v) is 5.96. The van der Waals surface area contributed by atoms with E-state index in [1.807, 2.05) is 24.3 Å². The van der Waals surface area contributed by atoms with Crippen LogP contribution >= 0.6 is 28.1 Å². The number of nitrogens with two attached hydrogens (primary N) is 1. The average molecular weight is 283 g/mol. The van der Waals surface area contributed by atoms with Gasteiger partial charge in [-0.3, -0.25) is 0 Å². The molecule has 78 valence electrons. The topological polar surface area (TPSA) is 38.0 Å². The molecule has 0 bridgehead atoms. The van der Waals surface area contributed by atoms with Gasteiger partial charge in [-0.2, -0.15) is 0 Å². The first-order valence-electron chi connectivity index (χ1n) is 4.43. The highest BCUT2D eigenvalue weighted by molar-refractivity contribution is 9.09. The summed E-state index contributed by atoms with van der Waals surface area (Å²) in [6.45, 7) is 0. The number of hydrogen-bond donors (Lipinski definition) is 2. The summed E-state index contributed by atoms with van der Waals surface area (Å²) in [5, 5.41) is 4.03. The predicted molar refractivity (Wildman–Crippen MR) is 72.1 cm³/mol. The van der Waals surface area contributed by atoms with Crippen molar-refractivity contribution in [2.75, 3.05) is 10.6 Å². The van der Waals surface area contributed by atoms with Crippen LogP contribution in [0.4, 0.5) is 5.69 Å². The van der Waals surface area contributed by atoms with Gasteiger partial charge in [0.05, 0.1) is 0 Å². The Labute approximate surface area is 103 Å². The molecule has 3 N–H and O–H groups in total. The Morgan fingerprint density at radius 2 is 2.07 bits per heavy atom. The van der Waals surface area contributed by atoms with Gasteiger partial charge in [-0.15, -0.1) is 0 Å². The van der Waals surface area contributed by atoms with Crippen molar-refractivity contribution in [1.82, 2.24) is 0 Å². The summed E-state index contributed by atoms with van der Waals surface area (Å²) in [6.07, 6.45) is 0.854. The first kappa shape index (κ1) is 12.0. The highest BCUT2D eigenvalue weighted by atomic mass is 79.9. The van der Waals surface area contributed by atoms with E-state index < -0.39 is 0 Å². The Kier molecular flexibility index (Phi) is 5.16. The minimum absolute atomic E-state index is 0.271. The van der Waals surface area contributed by atoms with Crippen LogP contribution in [0, 0.1) is 11.8 Å². The highest BCUT2D eigenvalue weighted by Gasteiger charge is 1.92. The molecule has 15 heavy (non-hydrogen) atoms. The third-order valence-electron chi connectivity index (χ3n) is 1.60. The smallest absolute Gasteiger partial charge is 0.168 e. The van der Waals surface area contributed by atoms with Gasteiger partial charge in [-0.05, 0) is 36.5 Å². The van der Waals surface area contributed by atoms with Crippen molar-refractivity contribution in [3.63, 3.8) is 0 Å². The summed E-state index contributed by atoms with van der Waals surface area (Å²) < 4.78 is 0. The summed E-state index contributed by atoms with van der Waals surface area (Å²) >= 11 is 8.05. The lowest BCUT2D eigenvalue weighted by molar-refractivity contribution is 1.32. The number of halogens is 1. The lowest BCUT2D eigenvalue weighted by Gasteiger charge is -2.02. The number of anilines is 1. The van der Waals surface area contributed by atoms with Gasteiger partial charge in [-0.25, -0.2) is 0 Å². The molecule has 0 amide bonds. The molecule has 0 heterocycles. The van der Waals surface area contributed by atoms with Crippen LogP contribution < -0.4 is 11.1 Å². The van der Waals surface area contributed by atoms with Crippen molar-refractivity contribution in [3.8, 4) is 11.8 Å². The fraction of sp³-hybridized carbons (Fsp3) is 0.182. The van der Waals surface area contributed by atoms with E-state index in [4.69, 9.17) is 18.0 Å². The number of thiocarbonyl (C=S) groups is 1. The molecule has 0 unspecified atom stereocenters. The molecule has 4 heteroatoms. The van der Waals surface area contributed by atoms with Gasteiger partial charge in [0.25, 0.3) is 0 Å². The van der Waals surface area contributed by atoms with Crippen molar-refractivity contribution < 1.29 is 0 Å². The Hall–Kier alpha value is -1.05. The third-order valence-corrected chi connectivity index (χ3v) is 2.10. The second-order valence-corrected chi connectivity index (χ2v) is 4.04. The van der Waals surface area contributed by atoms with Crippen LogP contribution in [0.25, 0.3) is 0 Å². The summed E-state index contributed by atoms with van der Waals surface area (Å²) in [7, 11) is 0. The molecule has 1 aromatic carbocycles. The van der Waals surface area contributed by atoms with E-state index in [2.05, 4.69) is 33.1 Å². The zero-order chi connectivity index (χ0) is 11.1. The molecule has 0 aliphatic rings. The van der Waals surface area contributed by atoms with Crippen molar-refractivity contribution >= 4 is 38.9 Å². The minimum atomic E-state index is 0.271. The number of alkyl halides is 1. The molecule has 0 fully saturated rings. The number of hydrogen-bond acceptors (Lipinski definition) is 1. The molecule has 0 atom stereocenters. The van der Waals surface area contributed by atoms with Crippen molar-refractivity contribution in [2.24, 2.45) is 5.73 Å².